The Morgan fingerprint density at radius 3 is 1.68 bits per heavy atom. The summed E-state index contributed by atoms with van der Waals surface area (Å²) >= 11 is 0. The average molecular weight is 359 g/mol. The molecule has 0 aliphatic heterocycles. The molecule has 25 heavy (non-hydrogen) atoms. The van der Waals surface area contributed by atoms with Crippen LogP contribution in [0.4, 0.5) is 0 Å². The molecule has 0 aromatic rings. The van der Waals surface area contributed by atoms with Gasteiger partial charge in [0, 0.05) is 17.8 Å². The molecule has 0 heterocycles. The fourth-order valence-corrected chi connectivity index (χ4v) is 2.72. The second-order valence-electron chi connectivity index (χ2n) is 6.37. The molecule has 0 fully saturated rings. The van der Waals surface area contributed by atoms with Crippen molar-refractivity contribution in [3.8, 4) is 0 Å². The first kappa shape index (κ1) is 23.3. The molecule has 0 aliphatic rings. The molecule has 0 saturated heterocycles. The van der Waals surface area contributed by atoms with Crippen LogP contribution in [0.1, 0.15) is 83.5 Å². The van der Waals surface area contributed by atoms with Gasteiger partial charge in [0.05, 0.1) is 14.2 Å². The Bertz CT molecular complexity index is 386. The number of ether oxygens (including phenoxy) is 2. The van der Waals surface area contributed by atoms with E-state index >= 15 is 0 Å². The number of nitrogens with zero attached hydrogens (tertiary/aromatic N) is 1. The molecule has 0 aliphatic carbocycles. The van der Waals surface area contributed by atoms with Crippen molar-refractivity contribution in [2.45, 2.75) is 89.5 Å². The summed E-state index contributed by atoms with van der Waals surface area (Å²) in [6.45, 7) is 0. The first-order valence-electron chi connectivity index (χ1n) is 9.28. The van der Waals surface area contributed by atoms with Crippen molar-refractivity contribution < 1.29 is 24.0 Å². The zero-order valence-corrected chi connectivity index (χ0v) is 15.7. The maximum absolute atomic E-state index is 11.1. The number of rotatable bonds is 16. The maximum Gasteiger partial charge on any atom is 0.312 e. The van der Waals surface area contributed by atoms with Crippen molar-refractivity contribution in [2.24, 2.45) is 0 Å². The molecule has 0 spiro atoms. The van der Waals surface area contributed by atoms with Crippen LogP contribution in [0.25, 0.3) is 0 Å². The predicted octanol–water partition coefficient (Wildman–Crippen LogP) is 4.05. The Hall–Kier alpha value is -1.66. The third-order valence-corrected chi connectivity index (χ3v) is 4.32. The second-order valence-corrected chi connectivity index (χ2v) is 6.37. The van der Waals surface area contributed by atoms with E-state index < -0.39 is 12.0 Å². The Kier molecular flexibility index (Phi) is 14.8. The van der Waals surface area contributed by atoms with Crippen molar-refractivity contribution >= 4 is 11.9 Å². The van der Waals surface area contributed by atoms with Gasteiger partial charge in [0.25, 0.3) is 0 Å². The molecule has 146 valence electrons. The monoisotopic (exact) mass is 359 g/mol. The van der Waals surface area contributed by atoms with Crippen LogP contribution in [-0.2, 0) is 19.1 Å². The molecule has 0 rings (SSSR count). The summed E-state index contributed by atoms with van der Waals surface area (Å²) in [6, 6.07) is -0.822. The van der Waals surface area contributed by atoms with E-state index in [4.69, 9.17) is 0 Å². The minimum absolute atomic E-state index is 0.133. The fourth-order valence-electron chi connectivity index (χ4n) is 2.72. The van der Waals surface area contributed by atoms with Crippen LogP contribution in [0, 0.1) is 10.1 Å². The number of carbonyl (C=O) groups is 2. The van der Waals surface area contributed by atoms with Gasteiger partial charge in [-0.15, -0.1) is 0 Å². The van der Waals surface area contributed by atoms with Gasteiger partial charge in [-0.1, -0.05) is 51.4 Å². The van der Waals surface area contributed by atoms with Gasteiger partial charge < -0.3 is 9.47 Å². The van der Waals surface area contributed by atoms with E-state index in [-0.39, 0.29) is 17.3 Å². The smallest absolute Gasteiger partial charge is 0.312 e. The lowest BCUT2D eigenvalue weighted by atomic mass is 10.0. The molecule has 0 radical (unpaired) electrons. The summed E-state index contributed by atoms with van der Waals surface area (Å²) in [7, 11) is 2.66. The number of methoxy groups -OCH3 is 2. The standard InChI is InChI=1S/C18H33NO6/c1-24-17(20)14-12-10-8-6-4-3-5-7-9-11-13-16(19(22)23)15-18(21)25-2/h16H,3-15H2,1-2H3. The Balaban J connectivity index is 3.44. The number of hydrogen-bond donors (Lipinski definition) is 0. The summed E-state index contributed by atoms with van der Waals surface area (Å²) in [5.41, 5.74) is 0. The Labute approximate surface area is 150 Å². The Morgan fingerprint density at radius 2 is 1.24 bits per heavy atom. The van der Waals surface area contributed by atoms with Gasteiger partial charge in [-0.25, -0.2) is 0 Å². The maximum atomic E-state index is 11.1. The molecule has 7 heteroatoms. The van der Waals surface area contributed by atoms with E-state index in [1.54, 1.807) is 0 Å². The largest absolute Gasteiger partial charge is 0.469 e. The molecule has 0 saturated carbocycles. The van der Waals surface area contributed by atoms with Crippen molar-refractivity contribution in [2.75, 3.05) is 14.2 Å². The Morgan fingerprint density at radius 1 is 0.800 bits per heavy atom. The second kappa shape index (κ2) is 15.8. The molecule has 1 atom stereocenters. The van der Waals surface area contributed by atoms with E-state index in [0.29, 0.717) is 12.8 Å². The molecule has 0 aromatic heterocycles. The third-order valence-electron chi connectivity index (χ3n) is 4.32. The van der Waals surface area contributed by atoms with E-state index in [0.717, 1.165) is 44.9 Å². The summed E-state index contributed by atoms with van der Waals surface area (Å²) in [6.07, 6.45) is 11.4. The topological polar surface area (TPSA) is 95.7 Å². The summed E-state index contributed by atoms with van der Waals surface area (Å²) in [5, 5.41) is 10.9. The highest BCUT2D eigenvalue weighted by Crippen LogP contribution is 2.14. The molecule has 0 N–H and O–H groups in total. The predicted molar refractivity (Wildman–Crippen MR) is 94.8 cm³/mol. The van der Waals surface area contributed by atoms with E-state index in [1.807, 2.05) is 0 Å². The number of unbranched alkanes of at least 4 members (excludes halogenated alkanes) is 9. The van der Waals surface area contributed by atoms with E-state index in [2.05, 4.69) is 9.47 Å². The molecular weight excluding hydrogens is 326 g/mol. The van der Waals surface area contributed by atoms with Gasteiger partial charge in [-0.3, -0.25) is 19.7 Å². The van der Waals surface area contributed by atoms with Crippen molar-refractivity contribution in [1.29, 1.82) is 0 Å². The van der Waals surface area contributed by atoms with Gasteiger partial charge in [-0.2, -0.15) is 0 Å². The van der Waals surface area contributed by atoms with Gasteiger partial charge in [0.2, 0.25) is 6.04 Å². The van der Waals surface area contributed by atoms with Crippen molar-refractivity contribution in [1.82, 2.24) is 0 Å². The average Bonchev–Trinajstić information content (AvgIpc) is 2.60. The van der Waals surface area contributed by atoms with Crippen LogP contribution in [0.15, 0.2) is 0 Å². The number of esters is 2. The highest BCUT2D eigenvalue weighted by Gasteiger charge is 2.23. The highest BCUT2D eigenvalue weighted by atomic mass is 16.6. The zero-order chi connectivity index (χ0) is 18.9. The zero-order valence-electron chi connectivity index (χ0n) is 15.7. The lowest BCUT2D eigenvalue weighted by molar-refractivity contribution is -0.522. The van der Waals surface area contributed by atoms with E-state index in [1.165, 1.54) is 33.5 Å². The quantitative estimate of drug-likeness (QED) is 0.178. The number of nitro groups is 1. The normalized spacial score (nSPS) is 11.8. The van der Waals surface area contributed by atoms with Crippen LogP contribution in [0.2, 0.25) is 0 Å². The fraction of sp³-hybridized carbons (Fsp3) is 0.889. The van der Waals surface area contributed by atoms with Gasteiger partial charge in [0.15, 0.2) is 0 Å². The lowest BCUT2D eigenvalue weighted by Crippen LogP contribution is -2.23. The molecule has 0 aromatic carbocycles. The van der Waals surface area contributed by atoms with Crippen LogP contribution < -0.4 is 0 Å². The van der Waals surface area contributed by atoms with E-state index in [9.17, 15) is 19.7 Å². The molecular formula is C18H33NO6. The molecule has 1 unspecified atom stereocenters. The van der Waals surface area contributed by atoms with Crippen LogP contribution in [0.5, 0.6) is 0 Å². The number of carbonyl (C=O) groups excluding carboxylic acids is 2. The SMILES string of the molecule is COC(=O)CCCCCCCCCCCCC(CC(=O)OC)[N+](=O)[O-]. The number of hydrogen-bond acceptors (Lipinski definition) is 6. The van der Waals surface area contributed by atoms with Crippen LogP contribution >= 0.6 is 0 Å². The van der Waals surface area contributed by atoms with Crippen molar-refractivity contribution in [3.05, 3.63) is 10.1 Å². The first-order valence-corrected chi connectivity index (χ1v) is 9.28. The third kappa shape index (κ3) is 14.4. The summed E-state index contributed by atoms with van der Waals surface area (Å²) in [5.74, 6) is -0.654. The lowest BCUT2D eigenvalue weighted by Gasteiger charge is -2.08. The summed E-state index contributed by atoms with van der Waals surface area (Å²) < 4.78 is 9.08. The van der Waals surface area contributed by atoms with Gasteiger partial charge in [0.1, 0.15) is 6.42 Å². The van der Waals surface area contributed by atoms with Crippen LogP contribution in [0.3, 0.4) is 0 Å². The van der Waals surface area contributed by atoms with Gasteiger partial charge >= 0.3 is 11.9 Å². The minimum atomic E-state index is -0.822. The summed E-state index contributed by atoms with van der Waals surface area (Å²) in [4.78, 5) is 32.6. The van der Waals surface area contributed by atoms with Crippen molar-refractivity contribution in [3.63, 3.8) is 0 Å². The molecule has 7 nitrogen and oxygen atoms in total. The van der Waals surface area contributed by atoms with Crippen LogP contribution in [-0.4, -0.2) is 37.1 Å². The minimum Gasteiger partial charge on any atom is -0.469 e. The first-order chi connectivity index (χ1) is 12.0. The van der Waals surface area contributed by atoms with Gasteiger partial charge in [-0.05, 0) is 12.8 Å². The highest BCUT2D eigenvalue weighted by molar-refractivity contribution is 5.69. The molecule has 0 amide bonds. The molecule has 0 bridgehead atoms.